The number of hydrogen-bond acceptors (Lipinski definition) is 4. The van der Waals surface area contributed by atoms with Crippen LogP contribution in [-0.4, -0.2) is 16.1 Å². The largest absolute Gasteiger partial charge is 0.325 e. The van der Waals surface area contributed by atoms with E-state index in [9.17, 15) is 10.1 Å². The first kappa shape index (κ1) is 23.1. The van der Waals surface area contributed by atoms with Crippen LogP contribution in [0.4, 0.5) is 5.69 Å². The molecule has 2 aromatic carbocycles. The first-order valence-electron chi connectivity index (χ1n) is 11.5. The fourth-order valence-corrected chi connectivity index (χ4v) is 5.49. The molecule has 1 aliphatic rings. The predicted molar refractivity (Wildman–Crippen MR) is 135 cm³/mol. The number of fused-ring (bicyclic) bond motifs is 1. The van der Waals surface area contributed by atoms with Crippen LogP contribution in [-0.2, 0) is 17.6 Å². The van der Waals surface area contributed by atoms with Gasteiger partial charge in [-0.1, -0.05) is 67.2 Å². The number of pyridine rings is 1. The van der Waals surface area contributed by atoms with Crippen molar-refractivity contribution in [3.05, 3.63) is 88.1 Å². The van der Waals surface area contributed by atoms with Crippen molar-refractivity contribution in [2.24, 2.45) is 0 Å². The topological polar surface area (TPSA) is 65.8 Å². The van der Waals surface area contributed by atoms with E-state index >= 15 is 0 Å². The molecular formula is C28H29N3OS. The number of nitrogens with one attached hydrogen (secondary N) is 1. The normalized spacial score (nSPS) is 15.9. The van der Waals surface area contributed by atoms with Crippen molar-refractivity contribution in [3.8, 4) is 6.07 Å². The van der Waals surface area contributed by atoms with Crippen LogP contribution in [0.2, 0.25) is 0 Å². The SMILES string of the molecule is CCC(Sc1nc2c(cc1C#N)CC(c1ccccc1)CC2)C(=O)Nc1c(C)cccc1C. The highest BCUT2D eigenvalue weighted by molar-refractivity contribution is 8.00. The van der Waals surface area contributed by atoms with Crippen LogP contribution < -0.4 is 5.32 Å². The Hall–Kier alpha value is -3.10. The Morgan fingerprint density at radius 2 is 1.91 bits per heavy atom. The number of aryl methyl sites for hydroxylation is 3. The van der Waals surface area contributed by atoms with Gasteiger partial charge in [0.15, 0.2) is 0 Å². The van der Waals surface area contributed by atoms with E-state index in [2.05, 4.69) is 35.7 Å². The maximum absolute atomic E-state index is 13.1. The Kier molecular flexibility index (Phi) is 7.15. The summed E-state index contributed by atoms with van der Waals surface area (Å²) in [4.78, 5) is 18.0. The van der Waals surface area contributed by atoms with Crippen molar-refractivity contribution in [2.75, 3.05) is 5.32 Å². The van der Waals surface area contributed by atoms with Crippen LogP contribution in [0.25, 0.3) is 0 Å². The average Bonchev–Trinajstić information content (AvgIpc) is 2.84. The average molecular weight is 456 g/mol. The maximum atomic E-state index is 13.1. The molecule has 1 aromatic heterocycles. The Labute approximate surface area is 200 Å². The Morgan fingerprint density at radius 1 is 1.18 bits per heavy atom. The van der Waals surface area contributed by atoms with Crippen molar-refractivity contribution in [1.29, 1.82) is 5.26 Å². The van der Waals surface area contributed by atoms with E-state index in [1.165, 1.54) is 17.3 Å². The molecule has 3 aromatic rings. The van der Waals surface area contributed by atoms with E-state index in [1.54, 1.807) is 0 Å². The Balaban J connectivity index is 1.54. The number of carbonyl (C=O) groups excluding carboxylic acids is 1. The van der Waals surface area contributed by atoms with Gasteiger partial charge in [-0.15, -0.1) is 0 Å². The van der Waals surface area contributed by atoms with E-state index in [4.69, 9.17) is 4.98 Å². The molecule has 1 aliphatic carbocycles. The summed E-state index contributed by atoms with van der Waals surface area (Å²) in [7, 11) is 0. The third kappa shape index (κ3) is 5.12. The summed E-state index contributed by atoms with van der Waals surface area (Å²) in [6.07, 6.45) is 3.49. The number of benzene rings is 2. The summed E-state index contributed by atoms with van der Waals surface area (Å²) in [5.74, 6) is 0.407. The van der Waals surface area contributed by atoms with Gasteiger partial charge >= 0.3 is 0 Å². The van der Waals surface area contributed by atoms with Gasteiger partial charge in [-0.05, 0) is 73.8 Å². The number of rotatable bonds is 6. The molecule has 4 nitrogen and oxygen atoms in total. The van der Waals surface area contributed by atoms with E-state index in [-0.39, 0.29) is 11.2 Å². The minimum Gasteiger partial charge on any atom is -0.325 e. The van der Waals surface area contributed by atoms with Gasteiger partial charge in [-0.2, -0.15) is 5.26 Å². The molecule has 4 rings (SSSR count). The van der Waals surface area contributed by atoms with Crippen LogP contribution in [0.5, 0.6) is 0 Å². The number of anilines is 1. The lowest BCUT2D eigenvalue weighted by molar-refractivity contribution is -0.115. The summed E-state index contributed by atoms with van der Waals surface area (Å²) < 4.78 is 0. The monoisotopic (exact) mass is 455 g/mol. The van der Waals surface area contributed by atoms with Gasteiger partial charge < -0.3 is 5.32 Å². The maximum Gasteiger partial charge on any atom is 0.237 e. The number of hydrogen-bond donors (Lipinski definition) is 1. The van der Waals surface area contributed by atoms with Crippen LogP contribution >= 0.6 is 11.8 Å². The van der Waals surface area contributed by atoms with Gasteiger partial charge in [0.25, 0.3) is 0 Å². The number of nitrogens with zero attached hydrogens (tertiary/aromatic N) is 2. The molecule has 0 saturated carbocycles. The standard InChI is InChI=1S/C28H29N3OS/c1-4-25(27(32)31-26-18(2)9-8-10-19(26)3)33-28-23(17-29)16-22-15-21(13-14-24(22)30-28)20-11-6-5-7-12-20/h5-12,16,21,25H,4,13-15H2,1-3H3,(H,31,32). The molecule has 0 saturated heterocycles. The zero-order valence-corrected chi connectivity index (χ0v) is 20.2. The molecule has 0 fully saturated rings. The predicted octanol–water partition coefficient (Wildman–Crippen LogP) is 6.35. The van der Waals surface area contributed by atoms with E-state index < -0.39 is 0 Å². The summed E-state index contributed by atoms with van der Waals surface area (Å²) in [5, 5.41) is 13.3. The summed E-state index contributed by atoms with van der Waals surface area (Å²) in [5.41, 5.74) is 7.08. The molecule has 2 unspecified atom stereocenters. The second kappa shape index (κ2) is 10.2. The quantitative estimate of drug-likeness (QED) is 0.440. The van der Waals surface area contributed by atoms with Crippen molar-refractivity contribution in [1.82, 2.24) is 4.98 Å². The van der Waals surface area contributed by atoms with Gasteiger partial charge in [0.2, 0.25) is 5.91 Å². The molecule has 168 valence electrons. The van der Waals surface area contributed by atoms with Gasteiger partial charge in [0.05, 0.1) is 10.8 Å². The third-order valence-electron chi connectivity index (χ3n) is 6.39. The second-order valence-corrected chi connectivity index (χ2v) is 9.87. The molecule has 1 N–H and O–H groups in total. The summed E-state index contributed by atoms with van der Waals surface area (Å²) in [6, 6.07) is 20.9. The van der Waals surface area contributed by atoms with Crippen LogP contribution in [0.3, 0.4) is 0 Å². The molecule has 0 radical (unpaired) electrons. The highest BCUT2D eigenvalue weighted by Crippen LogP contribution is 2.36. The Bertz CT molecular complexity index is 1180. The lowest BCUT2D eigenvalue weighted by Gasteiger charge is -2.25. The first-order chi connectivity index (χ1) is 16.0. The van der Waals surface area contributed by atoms with Crippen molar-refractivity contribution < 1.29 is 4.79 Å². The van der Waals surface area contributed by atoms with E-state index in [0.29, 0.717) is 22.9 Å². The zero-order valence-electron chi connectivity index (χ0n) is 19.4. The van der Waals surface area contributed by atoms with Gasteiger partial charge in [0, 0.05) is 11.4 Å². The number of aromatic nitrogens is 1. The minimum absolute atomic E-state index is 0.0487. The smallest absolute Gasteiger partial charge is 0.237 e. The molecule has 1 amide bonds. The van der Waals surface area contributed by atoms with Gasteiger partial charge in [0.1, 0.15) is 11.1 Å². The number of thioether (sulfide) groups is 1. The molecule has 1 heterocycles. The zero-order chi connectivity index (χ0) is 23.4. The van der Waals surface area contributed by atoms with Crippen molar-refractivity contribution >= 4 is 23.4 Å². The fraction of sp³-hybridized carbons (Fsp3) is 0.321. The minimum atomic E-state index is -0.317. The second-order valence-electron chi connectivity index (χ2n) is 8.68. The molecule has 33 heavy (non-hydrogen) atoms. The fourth-order valence-electron chi connectivity index (χ4n) is 4.50. The highest BCUT2D eigenvalue weighted by Gasteiger charge is 2.26. The van der Waals surface area contributed by atoms with Gasteiger partial charge in [-0.3, -0.25) is 4.79 Å². The van der Waals surface area contributed by atoms with Crippen LogP contribution in [0, 0.1) is 25.2 Å². The van der Waals surface area contributed by atoms with Gasteiger partial charge in [-0.25, -0.2) is 4.98 Å². The number of carbonyl (C=O) groups is 1. The molecule has 0 spiro atoms. The number of amides is 1. The molecular weight excluding hydrogens is 426 g/mol. The Morgan fingerprint density at radius 3 is 2.58 bits per heavy atom. The number of nitriles is 1. The third-order valence-corrected chi connectivity index (χ3v) is 7.76. The molecule has 0 aliphatic heterocycles. The van der Waals surface area contributed by atoms with E-state index in [1.807, 2.05) is 51.1 Å². The summed E-state index contributed by atoms with van der Waals surface area (Å²) >= 11 is 1.40. The first-order valence-corrected chi connectivity index (χ1v) is 12.4. The molecule has 2 atom stereocenters. The van der Waals surface area contributed by atoms with Crippen LogP contribution in [0.15, 0.2) is 59.6 Å². The molecule has 0 bridgehead atoms. The summed E-state index contributed by atoms with van der Waals surface area (Å²) in [6.45, 7) is 5.99. The van der Waals surface area contributed by atoms with Crippen molar-refractivity contribution in [2.45, 2.75) is 62.6 Å². The van der Waals surface area contributed by atoms with Crippen molar-refractivity contribution in [3.63, 3.8) is 0 Å². The highest BCUT2D eigenvalue weighted by atomic mass is 32.2. The lowest BCUT2D eigenvalue weighted by Crippen LogP contribution is -2.26. The molecule has 5 heteroatoms. The van der Waals surface area contributed by atoms with Crippen LogP contribution in [0.1, 0.15) is 59.2 Å². The van der Waals surface area contributed by atoms with E-state index in [0.717, 1.165) is 47.3 Å². The lowest BCUT2D eigenvalue weighted by atomic mass is 9.82. The number of para-hydroxylation sites is 1.